The number of aromatic nitrogens is 2. The van der Waals surface area contributed by atoms with E-state index in [1.54, 1.807) is 0 Å². The average molecular weight is 293 g/mol. The van der Waals surface area contributed by atoms with Gasteiger partial charge in [-0.05, 0) is 17.7 Å². The topological polar surface area (TPSA) is 80.1 Å². The van der Waals surface area contributed by atoms with Crippen LogP contribution < -0.4 is 10.6 Å². The summed E-state index contributed by atoms with van der Waals surface area (Å²) in [5, 5.41) is 10.5. The third-order valence-electron chi connectivity index (χ3n) is 3.07. The summed E-state index contributed by atoms with van der Waals surface area (Å²) in [5.74, 6) is 1.08. The fraction of sp³-hybridized carbons (Fsp3) is 0.308. The fourth-order valence-electron chi connectivity index (χ4n) is 2.01. The number of carbonyl (C=O) groups excluding carboxylic acids is 1. The molecule has 1 aromatic carbocycles. The van der Waals surface area contributed by atoms with Gasteiger partial charge in [0, 0.05) is 18.0 Å². The Kier molecular flexibility index (Phi) is 3.66. The second-order valence-electron chi connectivity index (χ2n) is 4.59. The minimum atomic E-state index is -0.126. The Hall–Kier alpha value is -1.92. The second-order valence-corrected chi connectivity index (χ2v) is 5.03. The average Bonchev–Trinajstić information content (AvgIpc) is 2.91. The molecule has 1 saturated heterocycles. The Bertz CT molecular complexity index is 601. The van der Waals surface area contributed by atoms with E-state index in [1.807, 2.05) is 24.3 Å². The molecule has 104 valence electrons. The van der Waals surface area contributed by atoms with Crippen molar-refractivity contribution in [2.24, 2.45) is 0 Å². The van der Waals surface area contributed by atoms with E-state index in [9.17, 15) is 4.79 Å². The van der Waals surface area contributed by atoms with Crippen LogP contribution in [-0.2, 0) is 11.2 Å². The SMILES string of the molecule is O=C1CNC(c2nc(Cc3ccc(Cl)cc3)no2)CN1. The lowest BCUT2D eigenvalue weighted by molar-refractivity contribution is -0.121. The largest absolute Gasteiger partial charge is 0.353 e. The lowest BCUT2D eigenvalue weighted by Crippen LogP contribution is -2.47. The second kappa shape index (κ2) is 5.60. The Balaban J connectivity index is 1.67. The van der Waals surface area contributed by atoms with Crippen molar-refractivity contribution >= 4 is 17.5 Å². The van der Waals surface area contributed by atoms with Gasteiger partial charge in [0.2, 0.25) is 11.8 Å². The van der Waals surface area contributed by atoms with Gasteiger partial charge < -0.3 is 9.84 Å². The lowest BCUT2D eigenvalue weighted by atomic mass is 10.1. The Labute approximate surface area is 120 Å². The van der Waals surface area contributed by atoms with Gasteiger partial charge in [-0.2, -0.15) is 4.98 Å². The van der Waals surface area contributed by atoms with Crippen molar-refractivity contribution in [1.29, 1.82) is 0 Å². The molecule has 1 aliphatic rings. The van der Waals surface area contributed by atoms with Gasteiger partial charge in [0.25, 0.3) is 0 Å². The molecule has 0 bridgehead atoms. The zero-order chi connectivity index (χ0) is 13.9. The number of nitrogens with one attached hydrogen (secondary N) is 2. The lowest BCUT2D eigenvalue weighted by Gasteiger charge is -2.20. The van der Waals surface area contributed by atoms with Gasteiger partial charge in [-0.15, -0.1) is 0 Å². The zero-order valence-corrected chi connectivity index (χ0v) is 11.4. The number of piperazine rings is 1. The molecule has 1 atom stereocenters. The van der Waals surface area contributed by atoms with Crippen LogP contribution in [0.5, 0.6) is 0 Å². The van der Waals surface area contributed by atoms with Crippen LogP contribution in [0.25, 0.3) is 0 Å². The number of halogens is 1. The molecule has 3 rings (SSSR count). The predicted molar refractivity (Wildman–Crippen MR) is 72.3 cm³/mol. The van der Waals surface area contributed by atoms with Crippen molar-refractivity contribution in [3.05, 3.63) is 46.6 Å². The van der Waals surface area contributed by atoms with E-state index in [-0.39, 0.29) is 18.5 Å². The predicted octanol–water partition coefficient (Wildman–Crippen LogP) is 1.07. The van der Waals surface area contributed by atoms with Crippen LogP contribution in [0.4, 0.5) is 0 Å². The molecule has 1 amide bonds. The van der Waals surface area contributed by atoms with Gasteiger partial charge in [-0.3, -0.25) is 10.1 Å². The summed E-state index contributed by atoms with van der Waals surface area (Å²) in [5.41, 5.74) is 1.06. The standard InChI is InChI=1S/C13H13ClN4O2/c14-9-3-1-8(2-4-9)5-11-17-13(20-18-11)10-6-16-12(19)7-15-10/h1-4,10,15H,5-7H2,(H,16,19). The van der Waals surface area contributed by atoms with Crippen LogP contribution in [0.3, 0.4) is 0 Å². The van der Waals surface area contributed by atoms with Gasteiger partial charge >= 0.3 is 0 Å². The van der Waals surface area contributed by atoms with Gasteiger partial charge in [0.1, 0.15) is 6.04 Å². The third-order valence-corrected chi connectivity index (χ3v) is 3.32. The molecule has 0 saturated carbocycles. The Morgan fingerprint density at radius 3 is 2.85 bits per heavy atom. The highest BCUT2D eigenvalue weighted by atomic mass is 35.5. The molecule has 2 N–H and O–H groups in total. The van der Waals surface area contributed by atoms with Crippen molar-refractivity contribution in [3.63, 3.8) is 0 Å². The summed E-state index contributed by atoms with van der Waals surface area (Å²) in [6.07, 6.45) is 0.583. The Morgan fingerprint density at radius 1 is 1.35 bits per heavy atom. The van der Waals surface area contributed by atoms with Crippen molar-refractivity contribution in [2.75, 3.05) is 13.1 Å². The molecule has 0 spiro atoms. The monoisotopic (exact) mass is 292 g/mol. The van der Waals surface area contributed by atoms with E-state index >= 15 is 0 Å². The summed E-state index contributed by atoms with van der Waals surface area (Å²) in [4.78, 5) is 15.4. The highest BCUT2D eigenvalue weighted by Gasteiger charge is 2.23. The van der Waals surface area contributed by atoms with E-state index in [1.165, 1.54) is 0 Å². The molecule has 0 aliphatic carbocycles. The van der Waals surface area contributed by atoms with Crippen LogP contribution in [0.1, 0.15) is 23.3 Å². The first-order valence-electron chi connectivity index (χ1n) is 6.28. The highest BCUT2D eigenvalue weighted by Crippen LogP contribution is 2.15. The van der Waals surface area contributed by atoms with Gasteiger partial charge in [-0.1, -0.05) is 28.9 Å². The van der Waals surface area contributed by atoms with E-state index in [2.05, 4.69) is 20.8 Å². The third kappa shape index (κ3) is 2.97. The molecule has 1 unspecified atom stereocenters. The summed E-state index contributed by atoms with van der Waals surface area (Å²) in [6, 6.07) is 7.39. The van der Waals surface area contributed by atoms with Crippen LogP contribution in [0.2, 0.25) is 5.02 Å². The minimum Gasteiger partial charge on any atom is -0.353 e. The number of rotatable bonds is 3. The van der Waals surface area contributed by atoms with Crippen LogP contribution in [0, 0.1) is 0 Å². The minimum absolute atomic E-state index is 0.0258. The number of amides is 1. The molecule has 20 heavy (non-hydrogen) atoms. The summed E-state index contributed by atoms with van der Waals surface area (Å²) in [7, 11) is 0. The molecule has 7 heteroatoms. The van der Waals surface area contributed by atoms with E-state index < -0.39 is 0 Å². The van der Waals surface area contributed by atoms with E-state index in [0.29, 0.717) is 29.7 Å². The van der Waals surface area contributed by atoms with Gasteiger partial charge in [0.15, 0.2) is 5.82 Å². The Morgan fingerprint density at radius 2 is 2.15 bits per heavy atom. The molecule has 2 heterocycles. The first kappa shape index (κ1) is 13.1. The van der Waals surface area contributed by atoms with Crippen molar-refractivity contribution in [2.45, 2.75) is 12.5 Å². The summed E-state index contributed by atoms with van der Waals surface area (Å²) >= 11 is 5.84. The maximum absolute atomic E-state index is 11.1. The number of hydrogen-bond donors (Lipinski definition) is 2. The van der Waals surface area contributed by atoms with Crippen LogP contribution >= 0.6 is 11.6 Å². The normalized spacial score (nSPS) is 18.9. The van der Waals surface area contributed by atoms with Gasteiger partial charge in [0.05, 0.1) is 6.54 Å². The zero-order valence-electron chi connectivity index (χ0n) is 10.6. The van der Waals surface area contributed by atoms with Gasteiger partial charge in [-0.25, -0.2) is 0 Å². The fourth-order valence-corrected chi connectivity index (χ4v) is 2.13. The number of carbonyl (C=O) groups is 1. The number of hydrogen-bond acceptors (Lipinski definition) is 5. The van der Waals surface area contributed by atoms with E-state index in [4.69, 9.17) is 16.1 Å². The smallest absolute Gasteiger partial charge is 0.245 e. The van der Waals surface area contributed by atoms with Crippen LogP contribution in [-0.4, -0.2) is 29.1 Å². The number of benzene rings is 1. The molecule has 2 aromatic rings. The maximum Gasteiger partial charge on any atom is 0.245 e. The molecular formula is C13H13ClN4O2. The maximum atomic E-state index is 11.1. The van der Waals surface area contributed by atoms with Crippen molar-refractivity contribution in [3.8, 4) is 0 Å². The first-order chi connectivity index (χ1) is 9.70. The van der Waals surface area contributed by atoms with E-state index in [0.717, 1.165) is 5.56 Å². The van der Waals surface area contributed by atoms with Crippen LogP contribution in [0.15, 0.2) is 28.8 Å². The highest BCUT2D eigenvalue weighted by molar-refractivity contribution is 6.30. The molecule has 1 aliphatic heterocycles. The summed E-state index contributed by atoms with van der Waals surface area (Å²) in [6.45, 7) is 0.723. The first-order valence-corrected chi connectivity index (χ1v) is 6.65. The molecule has 1 aromatic heterocycles. The van der Waals surface area contributed by atoms with Crippen molar-refractivity contribution in [1.82, 2.24) is 20.8 Å². The molecule has 1 fully saturated rings. The molecule has 0 radical (unpaired) electrons. The summed E-state index contributed by atoms with van der Waals surface area (Å²) < 4.78 is 5.23. The molecule has 6 nitrogen and oxygen atoms in total. The number of nitrogens with zero attached hydrogens (tertiary/aromatic N) is 2. The molecular weight excluding hydrogens is 280 g/mol. The van der Waals surface area contributed by atoms with Crippen molar-refractivity contribution < 1.29 is 9.32 Å². The quantitative estimate of drug-likeness (QED) is 0.885.